The highest BCUT2D eigenvalue weighted by Gasteiger charge is 2.37. The van der Waals surface area contributed by atoms with Crippen LogP contribution >= 0.6 is 11.6 Å². The molecular formula is C13H19ClO2S. The predicted molar refractivity (Wildman–Crippen MR) is 72.2 cm³/mol. The number of sulfone groups is 1. The molecule has 4 heteroatoms. The SMILES string of the molecule is CCCC(C)(CC)S(=O)(=O)c1ccc(Cl)cc1. The van der Waals surface area contributed by atoms with Crippen molar-refractivity contribution in [2.75, 3.05) is 0 Å². The van der Waals surface area contributed by atoms with Gasteiger partial charge in [-0.1, -0.05) is 31.9 Å². The van der Waals surface area contributed by atoms with Crippen LogP contribution in [0.25, 0.3) is 0 Å². The van der Waals surface area contributed by atoms with Gasteiger partial charge in [-0.25, -0.2) is 8.42 Å². The zero-order chi connectivity index (χ0) is 13.1. The summed E-state index contributed by atoms with van der Waals surface area (Å²) in [5.74, 6) is 0. The topological polar surface area (TPSA) is 34.1 Å². The summed E-state index contributed by atoms with van der Waals surface area (Å²) in [5.41, 5.74) is 0. The van der Waals surface area contributed by atoms with E-state index in [-0.39, 0.29) is 0 Å². The van der Waals surface area contributed by atoms with Gasteiger partial charge in [0.2, 0.25) is 0 Å². The fourth-order valence-electron chi connectivity index (χ4n) is 1.93. The van der Waals surface area contributed by atoms with E-state index in [9.17, 15) is 8.42 Å². The second-order valence-corrected chi connectivity index (χ2v) is 7.41. The van der Waals surface area contributed by atoms with Crippen molar-refractivity contribution in [1.29, 1.82) is 0 Å². The zero-order valence-corrected chi connectivity index (χ0v) is 12.1. The van der Waals surface area contributed by atoms with Crippen LogP contribution in [0.1, 0.15) is 40.0 Å². The van der Waals surface area contributed by atoms with Crippen LogP contribution in [0.4, 0.5) is 0 Å². The molecule has 0 spiro atoms. The van der Waals surface area contributed by atoms with Gasteiger partial charge in [0.1, 0.15) is 0 Å². The third kappa shape index (κ3) is 2.83. The van der Waals surface area contributed by atoms with Crippen LogP contribution in [0.2, 0.25) is 5.02 Å². The first-order valence-corrected chi connectivity index (χ1v) is 7.73. The van der Waals surface area contributed by atoms with Crippen molar-refractivity contribution < 1.29 is 8.42 Å². The van der Waals surface area contributed by atoms with E-state index in [4.69, 9.17) is 11.6 Å². The summed E-state index contributed by atoms with van der Waals surface area (Å²) >= 11 is 5.78. The lowest BCUT2D eigenvalue weighted by atomic mass is 10.0. The Morgan fingerprint density at radius 2 is 1.71 bits per heavy atom. The van der Waals surface area contributed by atoms with E-state index in [0.717, 1.165) is 6.42 Å². The first-order chi connectivity index (χ1) is 7.87. The summed E-state index contributed by atoms with van der Waals surface area (Å²) < 4.78 is 24.4. The molecule has 0 saturated heterocycles. The highest BCUT2D eigenvalue weighted by atomic mass is 35.5. The lowest BCUT2D eigenvalue weighted by molar-refractivity contribution is 0.488. The van der Waals surface area contributed by atoms with E-state index in [2.05, 4.69) is 0 Å². The summed E-state index contributed by atoms with van der Waals surface area (Å²) in [6.07, 6.45) is 2.15. The van der Waals surface area contributed by atoms with Crippen LogP contribution in [-0.4, -0.2) is 13.2 Å². The Morgan fingerprint density at radius 1 is 1.18 bits per heavy atom. The van der Waals surface area contributed by atoms with Crippen LogP contribution in [-0.2, 0) is 9.84 Å². The van der Waals surface area contributed by atoms with Gasteiger partial charge in [-0.3, -0.25) is 0 Å². The van der Waals surface area contributed by atoms with E-state index < -0.39 is 14.6 Å². The Kier molecular flexibility index (Phi) is 4.62. The molecule has 0 bridgehead atoms. The molecule has 0 aliphatic heterocycles. The molecule has 0 fully saturated rings. The van der Waals surface area contributed by atoms with Gasteiger partial charge in [0.15, 0.2) is 9.84 Å². The van der Waals surface area contributed by atoms with Crippen molar-refractivity contribution in [3.8, 4) is 0 Å². The highest BCUT2D eigenvalue weighted by Crippen LogP contribution is 2.33. The van der Waals surface area contributed by atoms with Gasteiger partial charge in [0.05, 0.1) is 9.64 Å². The van der Waals surface area contributed by atoms with Gasteiger partial charge in [-0.15, -0.1) is 0 Å². The maximum Gasteiger partial charge on any atom is 0.183 e. The second-order valence-electron chi connectivity index (χ2n) is 4.51. The molecule has 17 heavy (non-hydrogen) atoms. The van der Waals surface area contributed by atoms with Crippen molar-refractivity contribution in [1.82, 2.24) is 0 Å². The average Bonchev–Trinajstić information content (AvgIpc) is 2.29. The van der Waals surface area contributed by atoms with E-state index >= 15 is 0 Å². The Bertz CT molecular complexity index is 465. The van der Waals surface area contributed by atoms with E-state index in [1.54, 1.807) is 24.3 Å². The quantitative estimate of drug-likeness (QED) is 0.811. The molecule has 1 unspecified atom stereocenters. The van der Waals surface area contributed by atoms with Crippen molar-refractivity contribution in [2.24, 2.45) is 0 Å². The Labute approximate surface area is 109 Å². The monoisotopic (exact) mass is 274 g/mol. The molecule has 0 aliphatic rings. The fourth-order valence-corrected chi connectivity index (χ4v) is 3.97. The lowest BCUT2D eigenvalue weighted by Gasteiger charge is -2.27. The minimum Gasteiger partial charge on any atom is -0.223 e. The fraction of sp³-hybridized carbons (Fsp3) is 0.538. The van der Waals surface area contributed by atoms with Gasteiger partial charge in [0.25, 0.3) is 0 Å². The minimum atomic E-state index is -3.29. The lowest BCUT2D eigenvalue weighted by Crippen LogP contribution is -2.34. The summed E-state index contributed by atoms with van der Waals surface area (Å²) in [6, 6.07) is 6.41. The number of rotatable bonds is 5. The molecule has 0 saturated carbocycles. The Morgan fingerprint density at radius 3 is 2.12 bits per heavy atom. The zero-order valence-electron chi connectivity index (χ0n) is 10.5. The van der Waals surface area contributed by atoms with Gasteiger partial charge in [-0.05, 0) is 44.0 Å². The van der Waals surface area contributed by atoms with Crippen LogP contribution in [0.15, 0.2) is 29.2 Å². The number of benzene rings is 1. The van der Waals surface area contributed by atoms with Gasteiger partial charge >= 0.3 is 0 Å². The summed E-state index contributed by atoms with van der Waals surface area (Å²) in [7, 11) is -3.29. The molecule has 1 rings (SSSR count). The smallest absolute Gasteiger partial charge is 0.183 e. The van der Waals surface area contributed by atoms with E-state index in [1.165, 1.54) is 0 Å². The van der Waals surface area contributed by atoms with Crippen LogP contribution < -0.4 is 0 Å². The molecule has 0 N–H and O–H groups in total. The average molecular weight is 275 g/mol. The van der Waals surface area contributed by atoms with Crippen molar-refractivity contribution in [3.05, 3.63) is 29.3 Å². The summed E-state index contributed by atoms with van der Waals surface area (Å²) in [5, 5.41) is 0.553. The highest BCUT2D eigenvalue weighted by molar-refractivity contribution is 7.92. The molecule has 1 aromatic carbocycles. The van der Waals surface area contributed by atoms with Crippen molar-refractivity contribution >= 4 is 21.4 Å². The molecule has 0 aliphatic carbocycles. The van der Waals surface area contributed by atoms with Gasteiger partial charge in [0, 0.05) is 5.02 Å². The summed E-state index contributed by atoms with van der Waals surface area (Å²) in [6.45, 7) is 5.74. The third-order valence-corrected chi connectivity index (χ3v) is 6.23. The van der Waals surface area contributed by atoms with E-state index in [0.29, 0.717) is 22.8 Å². The molecule has 0 aromatic heterocycles. The normalized spacial score (nSPS) is 15.5. The largest absolute Gasteiger partial charge is 0.223 e. The summed E-state index contributed by atoms with van der Waals surface area (Å²) in [4.78, 5) is 0.361. The van der Waals surface area contributed by atoms with Crippen LogP contribution in [0.3, 0.4) is 0 Å². The minimum absolute atomic E-state index is 0.361. The van der Waals surface area contributed by atoms with Gasteiger partial charge in [-0.2, -0.15) is 0 Å². The van der Waals surface area contributed by atoms with Crippen molar-refractivity contribution in [3.63, 3.8) is 0 Å². The molecule has 96 valence electrons. The number of hydrogen-bond donors (Lipinski definition) is 0. The Hall–Kier alpha value is -0.540. The molecule has 0 radical (unpaired) electrons. The molecule has 0 heterocycles. The maximum atomic E-state index is 12.5. The third-order valence-electron chi connectivity index (χ3n) is 3.30. The first-order valence-electron chi connectivity index (χ1n) is 5.87. The second kappa shape index (κ2) is 5.40. The predicted octanol–water partition coefficient (Wildman–Crippen LogP) is 4.08. The molecule has 1 aromatic rings. The van der Waals surface area contributed by atoms with Crippen LogP contribution in [0, 0.1) is 0 Å². The van der Waals surface area contributed by atoms with E-state index in [1.807, 2.05) is 20.8 Å². The van der Waals surface area contributed by atoms with Crippen molar-refractivity contribution in [2.45, 2.75) is 49.7 Å². The standard InChI is InChI=1S/C13H19ClO2S/c1-4-10-13(3,5-2)17(15,16)12-8-6-11(14)7-9-12/h6-9H,4-5,10H2,1-3H3. The molecule has 0 amide bonds. The van der Waals surface area contributed by atoms with Crippen LogP contribution in [0.5, 0.6) is 0 Å². The number of hydrogen-bond acceptors (Lipinski definition) is 2. The maximum absolute atomic E-state index is 12.5. The molecule has 2 nitrogen and oxygen atoms in total. The van der Waals surface area contributed by atoms with Gasteiger partial charge < -0.3 is 0 Å². The Balaban J connectivity index is 3.22. The first kappa shape index (κ1) is 14.5. The number of halogens is 1. The molecular weight excluding hydrogens is 256 g/mol. The molecule has 1 atom stereocenters.